The molecule has 0 aliphatic carbocycles. The minimum atomic E-state index is -0.128. The fraction of sp³-hybridized carbons (Fsp3) is 0.263. The Bertz CT molecular complexity index is 759. The second-order valence-electron chi connectivity index (χ2n) is 5.77. The Morgan fingerprint density at radius 3 is 2.54 bits per heavy atom. The van der Waals surface area contributed by atoms with Crippen LogP contribution >= 0.6 is 11.6 Å². The fourth-order valence-corrected chi connectivity index (χ4v) is 2.59. The van der Waals surface area contributed by atoms with E-state index in [1.165, 1.54) is 6.92 Å². The maximum Gasteiger partial charge on any atom is 0.226 e. The van der Waals surface area contributed by atoms with Crippen molar-refractivity contribution in [3.05, 3.63) is 58.6 Å². The molecule has 0 heterocycles. The lowest BCUT2D eigenvalue weighted by molar-refractivity contribution is -0.117. The van der Waals surface area contributed by atoms with Crippen molar-refractivity contribution in [2.24, 2.45) is 0 Å². The molecule has 0 aliphatic rings. The molecule has 2 aromatic carbocycles. The topological polar surface area (TPSA) is 49.4 Å². The molecule has 0 aliphatic heterocycles. The molecular weight excluding hydrogens is 324 g/mol. The molecule has 0 saturated carbocycles. The standard InChI is InChI=1S/C19H21ClN2O2/c1-13-7-8-14(2)18(11-13)21-19(24)9-10-22(15(3)23)17-6-4-5-16(20)12-17/h4-8,11-12H,9-10H2,1-3H3,(H,21,24). The van der Waals surface area contributed by atoms with Gasteiger partial charge in [0.25, 0.3) is 0 Å². The van der Waals surface area contributed by atoms with Crippen LogP contribution in [0.3, 0.4) is 0 Å². The first-order valence-corrected chi connectivity index (χ1v) is 8.15. The molecule has 0 atom stereocenters. The smallest absolute Gasteiger partial charge is 0.226 e. The van der Waals surface area contributed by atoms with E-state index in [0.29, 0.717) is 17.3 Å². The van der Waals surface area contributed by atoms with Gasteiger partial charge in [-0.05, 0) is 49.2 Å². The summed E-state index contributed by atoms with van der Waals surface area (Å²) in [5.74, 6) is -0.256. The summed E-state index contributed by atoms with van der Waals surface area (Å²) in [5.41, 5.74) is 3.58. The normalized spacial score (nSPS) is 10.3. The second-order valence-corrected chi connectivity index (χ2v) is 6.20. The number of amides is 2. The first-order valence-electron chi connectivity index (χ1n) is 7.77. The highest BCUT2D eigenvalue weighted by Crippen LogP contribution is 2.20. The molecule has 0 bridgehead atoms. The van der Waals surface area contributed by atoms with Gasteiger partial charge in [-0.2, -0.15) is 0 Å². The molecule has 0 saturated heterocycles. The van der Waals surface area contributed by atoms with E-state index >= 15 is 0 Å². The summed E-state index contributed by atoms with van der Waals surface area (Å²) in [6.45, 7) is 5.70. The van der Waals surface area contributed by atoms with Gasteiger partial charge in [-0.3, -0.25) is 9.59 Å². The third-order valence-corrected chi connectivity index (χ3v) is 3.96. The van der Waals surface area contributed by atoms with E-state index in [1.54, 1.807) is 29.2 Å². The van der Waals surface area contributed by atoms with Crippen molar-refractivity contribution in [1.82, 2.24) is 0 Å². The molecule has 2 aromatic rings. The molecule has 0 aromatic heterocycles. The minimum absolute atomic E-state index is 0.128. The van der Waals surface area contributed by atoms with Gasteiger partial charge in [0.05, 0.1) is 0 Å². The second kappa shape index (κ2) is 7.97. The Morgan fingerprint density at radius 2 is 1.88 bits per heavy atom. The summed E-state index contributed by atoms with van der Waals surface area (Å²) in [4.78, 5) is 25.7. The van der Waals surface area contributed by atoms with Crippen molar-refractivity contribution in [1.29, 1.82) is 0 Å². The molecule has 2 amide bonds. The van der Waals surface area contributed by atoms with Gasteiger partial charge in [0, 0.05) is 36.3 Å². The minimum Gasteiger partial charge on any atom is -0.326 e. The van der Waals surface area contributed by atoms with Gasteiger partial charge in [0.15, 0.2) is 0 Å². The number of hydrogen-bond acceptors (Lipinski definition) is 2. The highest BCUT2D eigenvalue weighted by molar-refractivity contribution is 6.30. The van der Waals surface area contributed by atoms with Crippen LogP contribution in [-0.4, -0.2) is 18.4 Å². The first-order chi connectivity index (χ1) is 11.4. The number of hydrogen-bond donors (Lipinski definition) is 1. The largest absolute Gasteiger partial charge is 0.326 e. The van der Waals surface area contributed by atoms with Gasteiger partial charge < -0.3 is 10.2 Å². The van der Waals surface area contributed by atoms with Crippen molar-refractivity contribution < 1.29 is 9.59 Å². The lowest BCUT2D eigenvalue weighted by atomic mass is 10.1. The van der Waals surface area contributed by atoms with Crippen molar-refractivity contribution in [2.45, 2.75) is 27.2 Å². The zero-order valence-electron chi connectivity index (χ0n) is 14.1. The molecule has 0 spiro atoms. The first kappa shape index (κ1) is 18.0. The molecule has 0 unspecified atom stereocenters. The number of carbonyl (C=O) groups excluding carboxylic acids is 2. The van der Waals surface area contributed by atoms with Crippen molar-refractivity contribution in [3.8, 4) is 0 Å². The summed E-state index contributed by atoms with van der Waals surface area (Å²) >= 11 is 5.98. The number of aryl methyl sites for hydroxylation is 2. The van der Waals surface area contributed by atoms with E-state index < -0.39 is 0 Å². The number of nitrogens with one attached hydrogen (secondary N) is 1. The average Bonchev–Trinajstić information content (AvgIpc) is 2.51. The van der Waals surface area contributed by atoms with E-state index in [1.807, 2.05) is 32.0 Å². The Balaban J connectivity index is 2.03. The average molecular weight is 345 g/mol. The van der Waals surface area contributed by atoms with Gasteiger partial charge in [0.2, 0.25) is 11.8 Å². The summed E-state index contributed by atoms with van der Waals surface area (Å²) in [7, 11) is 0. The Hall–Kier alpha value is -2.33. The number of anilines is 2. The van der Waals surface area contributed by atoms with Crippen LogP contribution in [0.15, 0.2) is 42.5 Å². The molecule has 24 heavy (non-hydrogen) atoms. The Morgan fingerprint density at radius 1 is 1.12 bits per heavy atom. The Kier molecular flexibility index (Phi) is 5.99. The lowest BCUT2D eigenvalue weighted by Gasteiger charge is -2.21. The van der Waals surface area contributed by atoms with Crippen LogP contribution in [-0.2, 0) is 9.59 Å². The van der Waals surface area contributed by atoms with Gasteiger partial charge >= 0.3 is 0 Å². The lowest BCUT2D eigenvalue weighted by Crippen LogP contribution is -2.32. The quantitative estimate of drug-likeness (QED) is 0.877. The molecule has 126 valence electrons. The van der Waals surface area contributed by atoms with Gasteiger partial charge in [-0.15, -0.1) is 0 Å². The summed E-state index contributed by atoms with van der Waals surface area (Å²) < 4.78 is 0. The highest BCUT2D eigenvalue weighted by atomic mass is 35.5. The number of benzene rings is 2. The van der Waals surface area contributed by atoms with Crippen molar-refractivity contribution >= 4 is 34.8 Å². The zero-order valence-corrected chi connectivity index (χ0v) is 14.9. The van der Waals surface area contributed by atoms with Crippen LogP contribution in [0.5, 0.6) is 0 Å². The summed E-state index contributed by atoms with van der Waals surface area (Å²) in [6.07, 6.45) is 0.208. The van der Waals surface area contributed by atoms with E-state index in [9.17, 15) is 9.59 Å². The summed E-state index contributed by atoms with van der Waals surface area (Å²) in [5, 5.41) is 3.46. The molecule has 2 rings (SSSR count). The van der Waals surface area contributed by atoms with Crippen LogP contribution in [0.2, 0.25) is 5.02 Å². The maximum absolute atomic E-state index is 12.2. The predicted molar refractivity (Wildman–Crippen MR) is 98.6 cm³/mol. The third-order valence-electron chi connectivity index (χ3n) is 3.73. The zero-order chi connectivity index (χ0) is 17.7. The van der Waals surface area contributed by atoms with Crippen molar-refractivity contribution in [2.75, 3.05) is 16.8 Å². The van der Waals surface area contributed by atoms with E-state index in [0.717, 1.165) is 16.8 Å². The van der Waals surface area contributed by atoms with Crippen LogP contribution in [0.25, 0.3) is 0 Å². The van der Waals surface area contributed by atoms with E-state index in [2.05, 4.69) is 5.32 Å². The third kappa shape index (κ3) is 4.83. The fourth-order valence-electron chi connectivity index (χ4n) is 2.41. The SMILES string of the molecule is CC(=O)N(CCC(=O)Nc1cc(C)ccc1C)c1cccc(Cl)c1. The van der Waals surface area contributed by atoms with Crippen LogP contribution in [0.1, 0.15) is 24.5 Å². The highest BCUT2D eigenvalue weighted by Gasteiger charge is 2.14. The van der Waals surface area contributed by atoms with Crippen LogP contribution < -0.4 is 10.2 Å². The molecule has 4 nitrogen and oxygen atoms in total. The van der Waals surface area contributed by atoms with Gasteiger partial charge in [0.1, 0.15) is 0 Å². The molecule has 0 fully saturated rings. The predicted octanol–water partition coefficient (Wildman–Crippen LogP) is 4.34. The van der Waals surface area contributed by atoms with Gasteiger partial charge in [-0.25, -0.2) is 0 Å². The number of halogens is 1. The van der Waals surface area contributed by atoms with Crippen LogP contribution in [0, 0.1) is 13.8 Å². The van der Waals surface area contributed by atoms with Crippen molar-refractivity contribution in [3.63, 3.8) is 0 Å². The van der Waals surface area contributed by atoms with E-state index in [-0.39, 0.29) is 18.2 Å². The number of nitrogens with zero attached hydrogens (tertiary/aromatic N) is 1. The van der Waals surface area contributed by atoms with E-state index in [4.69, 9.17) is 11.6 Å². The monoisotopic (exact) mass is 344 g/mol. The number of carbonyl (C=O) groups is 2. The Labute approximate surface area is 147 Å². The molecule has 5 heteroatoms. The maximum atomic E-state index is 12.2. The number of rotatable bonds is 5. The molecule has 1 N–H and O–H groups in total. The molecular formula is C19H21ClN2O2. The van der Waals surface area contributed by atoms with Crippen LogP contribution in [0.4, 0.5) is 11.4 Å². The molecule has 0 radical (unpaired) electrons. The van der Waals surface area contributed by atoms with Gasteiger partial charge in [-0.1, -0.05) is 29.8 Å². The summed E-state index contributed by atoms with van der Waals surface area (Å²) in [6, 6.07) is 13.0.